The summed E-state index contributed by atoms with van der Waals surface area (Å²) in [5.74, 6) is 1.53. The Balaban J connectivity index is 0. The molecule has 0 aromatic heterocycles. The Kier molecular flexibility index (Phi) is 18.8. The van der Waals surface area contributed by atoms with E-state index in [0.717, 1.165) is 29.2 Å². The van der Waals surface area contributed by atoms with Crippen molar-refractivity contribution in [1.29, 1.82) is 0 Å². The summed E-state index contributed by atoms with van der Waals surface area (Å²) >= 11 is 9.82. The average Bonchev–Trinajstić information content (AvgIpc) is 2.45. The number of hydrogen-bond acceptors (Lipinski definition) is 1. The normalized spacial score (nSPS) is 13.4. The molecule has 121 valence electrons. The van der Waals surface area contributed by atoms with Gasteiger partial charge in [-0.3, -0.25) is 0 Å². The van der Waals surface area contributed by atoms with Gasteiger partial charge in [-0.1, -0.05) is 78.4 Å². The van der Waals surface area contributed by atoms with Gasteiger partial charge in [0, 0.05) is 42.6 Å². The van der Waals surface area contributed by atoms with Crippen LogP contribution in [0.3, 0.4) is 0 Å². The summed E-state index contributed by atoms with van der Waals surface area (Å²) in [6.45, 7) is 11.3. The molecule has 0 aromatic carbocycles. The third-order valence-electron chi connectivity index (χ3n) is 4.31. The molecular weight excluding hydrogens is 305 g/mol. The maximum absolute atomic E-state index is 5.36. The minimum atomic E-state index is 0. The van der Waals surface area contributed by atoms with Crippen LogP contribution in [0.4, 0.5) is 0 Å². The van der Waals surface area contributed by atoms with E-state index >= 15 is 0 Å². The second-order valence-electron chi connectivity index (χ2n) is 6.02. The first-order chi connectivity index (χ1) is 9.58. The maximum Gasteiger partial charge on any atom is 0.133 e. The molecule has 0 saturated heterocycles. The molecule has 2 atom stereocenters. The Hall–Kier alpha value is 1.24. The SMILES string of the molecule is CCCCC(CC)CN(CC(CC)CCCC)C(=S)S.[Na]. The molecule has 0 amide bonds. The monoisotopic (exact) mass is 340 g/mol. The molecule has 4 heteroatoms. The largest absolute Gasteiger partial charge is 0.357 e. The predicted molar refractivity (Wildman–Crippen MR) is 106 cm³/mol. The van der Waals surface area contributed by atoms with E-state index in [0.29, 0.717) is 0 Å². The van der Waals surface area contributed by atoms with Gasteiger partial charge in [-0.05, 0) is 24.7 Å². The van der Waals surface area contributed by atoms with Gasteiger partial charge in [0.05, 0.1) is 0 Å². The van der Waals surface area contributed by atoms with E-state index in [1.807, 2.05) is 0 Å². The number of unbranched alkanes of at least 4 members (excludes halogenated alkanes) is 2. The first kappa shape index (κ1) is 24.5. The van der Waals surface area contributed by atoms with Crippen LogP contribution >= 0.6 is 24.8 Å². The van der Waals surface area contributed by atoms with Gasteiger partial charge in [0.15, 0.2) is 0 Å². The van der Waals surface area contributed by atoms with Crippen LogP contribution in [0, 0.1) is 11.8 Å². The van der Waals surface area contributed by atoms with Crippen LogP contribution in [-0.2, 0) is 0 Å². The molecule has 0 fully saturated rings. The fraction of sp³-hybridized carbons (Fsp3) is 0.941. The van der Waals surface area contributed by atoms with Crippen LogP contribution in [0.25, 0.3) is 0 Å². The Labute approximate surface area is 166 Å². The summed E-state index contributed by atoms with van der Waals surface area (Å²) in [7, 11) is 0. The molecule has 0 heterocycles. The molecule has 0 saturated carbocycles. The van der Waals surface area contributed by atoms with Crippen molar-refractivity contribution in [2.24, 2.45) is 11.8 Å². The second-order valence-corrected chi connectivity index (χ2v) is 7.13. The Morgan fingerprint density at radius 3 is 1.52 bits per heavy atom. The quantitative estimate of drug-likeness (QED) is 0.282. The van der Waals surface area contributed by atoms with E-state index in [-0.39, 0.29) is 29.6 Å². The second kappa shape index (κ2) is 16.1. The van der Waals surface area contributed by atoms with Crippen molar-refractivity contribution in [3.05, 3.63) is 0 Å². The number of rotatable bonds is 12. The molecule has 21 heavy (non-hydrogen) atoms. The molecule has 0 aliphatic carbocycles. The van der Waals surface area contributed by atoms with Crippen molar-refractivity contribution < 1.29 is 0 Å². The summed E-state index contributed by atoms with van der Waals surface area (Å²) in [5.41, 5.74) is 0. The van der Waals surface area contributed by atoms with Crippen LogP contribution in [0.5, 0.6) is 0 Å². The summed E-state index contributed by atoms with van der Waals surface area (Å²) < 4.78 is 0.787. The number of nitrogens with zero attached hydrogens (tertiary/aromatic N) is 1. The molecule has 0 aliphatic rings. The molecule has 2 unspecified atom stereocenters. The standard InChI is InChI=1S/C17H35NS2.Na/c1-5-9-11-15(7-3)13-18(17(19)20)14-16(8-4)12-10-6-2;/h15-16H,5-14H2,1-4H3,(H,19,20);. The molecule has 1 nitrogen and oxygen atoms in total. The van der Waals surface area contributed by atoms with Crippen molar-refractivity contribution in [1.82, 2.24) is 4.90 Å². The molecule has 1 radical (unpaired) electrons. The topological polar surface area (TPSA) is 3.24 Å². The predicted octanol–water partition coefficient (Wildman–Crippen LogP) is 5.56. The van der Waals surface area contributed by atoms with Gasteiger partial charge in [0.25, 0.3) is 0 Å². The van der Waals surface area contributed by atoms with Crippen molar-refractivity contribution in [2.45, 2.75) is 79.1 Å². The molecule has 0 bridgehead atoms. The van der Waals surface area contributed by atoms with E-state index in [9.17, 15) is 0 Å². The number of thiocarbonyl (C=S) groups is 1. The van der Waals surface area contributed by atoms with E-state index in [2.05, 4.69) is 45.2 Å². The Bertz CT molecular complexity index is 231. The Morgan fingerprint density at radius 1 is 0.905 bits per heavy atom. The van der Waals surface area contributed by atoms with Gasteiger partial charge in [-0.25, -0.2) is 0 Å². The van der Waals surface area contributed by atoms with Crippen LogP contribution in [0.15, 0.2) is 0 Å². The van der Waals surface area contributed by atoms with Crippen LogP contribution in [0.2, 0.25) is 0 Å². The molecule has 0 aromatic rings. The van der Waals surface area contributed by atoms with Gasteiger partial charge in [-0.2, -0.15) is 0 Å². The molecule has 0 rings (SSSR count). The van der Waals surface area contributed by atoms with Gasteiger partial charge in [-0.15, -0.1) is 12.6 Å². The maximum atomic E-state index is 5.36. The number of thiol groups is 1. The molecular formula is C17H35NNaS2. The molecule has 0 spiro atoms. The van der Waals surface area contributed by atoms with Crippen LogP contribution in [0.1, 0.15) is 79.1 Å². The van der Waals surface area contributed by atoms with Crippen molar-refractivity contribution >= 4 is 58.7 Å². The minimum absolute atomic E-state index is 0. The zero-order chi connectivity index (χ0) is 15.4. The van der Waals surface area contributed by atoms with Gasteiger partial charge >= 0.3 is 0 Å². The zero-order valence-corrected chi connectivity index (χ0v) is 18.7. The van der Waals surface area contributed by atoms with Crippen molar-refractivity contribution in [3.63, 3.8) is 0 Å². The summed E-state index contributed by atoms with van der Waals surface area (Å²) in [6.07, 6.45) is 10.4. The number of hydrogen-bond donors (Lipinski definition) is 1. The summed E-state index contributed by atoms with van der Waals surface area (Å²) in [5, 5.41) is 0. The first-order valence-electron chi connectivity index (χ1n) is 8.56. The molecule has 0 aliphatic heterocycles. The summed E-state index contributed by atoms with van der Waals surface area (Å²) in [4.78, 5) is 2.35. The van der Waals surface area contributed by atoms with Crippen molar-refractivity contribution in [2.75, 3.05) is 13.1 Å². The zero-order valence-electron chi connectivity index (χ0n) is 15.0. The Morgan fingerprint density at radius 2 is 1.29 bits per heavy atom. The molecule has 0 N–H and O–H groups in total. The van der Waals surface area contributed by atoms with E-state index in [1.54, 1.807) is 0 Å². The van der Waals surface area contributed by atoms with E-state index in [1.165, 1.54) is 51.4 Å². The van der Waals surface area contributed by atoms with E-state index in [4.69, 9.17) is 12.2 Å². The van der Waals surface area contributed by atoms with Gasteiger partial charge in [0.2, 0.25) is 0 Å². The average molecular weight is 341 g/mol. The van der Waals surface area contributed by atoms with Crippen molar-refractivity contribution in [3.8, 4) is 0 Å². The fourth-order valence-electron chi connectivity index (χ4n) is 2.69. The third-order valence-corrected chi connectivity index (χ3v) is 4.86. The van der Waals surface area contributed by atoms with E-state index < -0.39 is 0 Å². The summed E-state index contributed by atoms with van der Waals surface area (Å²) in [6, 6.07) is 0. The smallest absolute Gasteiger partial charge is 0.133 e. The minimum Gasteiger partial charge on any atom is -0.357 e. The fourth-order valence-corrected chi connectivity index (χ4v) is 3.00. The van der Waals surface area contributed by atoms with Gasteiger partial charge in [0.1, 0.15) is 4.32 Å². The van der Waals surface area contributed by atoms with Gasteiger partial charge < -0.3 is 4.90 Å². The third kappa shape index (κ3) is 12.3. The van der Waals surface area contributed by atoms with Crippen LogP contribution < -0.4 is 0 Å². The first-order valence-corrected chi connectivity index (χ1v) is 9.42. The van der Waals surface area contributed by atoms with Crippen LogP contribution in [-0.4, -0.2) is 51.9 Å².